The highest BCUT2D eigenvalue weighted by atomic mass is 15.1. The lowest BCUT2D eigenvalue weighted by Gasteiger charge is -2.27. The topological polar surface area (TPSA) is 8.17 Å². The van der Waals surface area contributed by atoms with Crippen molar-refractivity contribution in [3.8, 4) is 39.1 Å². The molecule has 1 heterocycles. The maximum atomic E-state index is 2.43. The normalized spacial score (nSPS) is 11.3. The van der Waals surface area contributed by atoms with E-state index in [1.54, 1.807) is 0 Å². The Bertz CT molecular complexity index is 2910. The van der Waals surface area contributed by atoms with Gasteiger partial charge in [-0.05, 0) is 87.3 Å². The first-order valence-electron chi connectivity index (χ1n) is 18.5. The Labute approximate surface area is 315 Å². The molecule has 2 heteroatoms. The van der Waals surface area contributed by atoms with Gasteiger partial charge in [0.05, 0.1) is 16.7 Å². The highest BCUT2D eigenvalue weighted by Gasteiger charge is 2.22. The van der Waals surface area contributed by atoms with Gasteiger partial charge in [0.2, 0.25) is 0 Å². The van der Waals surface area contributed by atoms with Crippen molar-refractivity contribution >= 4 is 49.6 Å². The summed E-state index contributed by atoms with van der Waals surface area (Å²) in [4.78, 5) is 2.41. The fourth-order valence-electron chi connectivity index (χ4n) is 8.21. The summed E-state index contributed by atoms with van der Waals surface area (Å²) in [5.41, 5.74) is 14.1. The van der Waals surface area contributed by atoms with E-state index in [0.29, 0.717) is 0 Å². The summed E-state index contributed by atoms with van der Waals surface area (Å²) in [7, 11) is 0. The van der Waals surface area contributed by atoms with Gasteiger partial charge in [-0.1, -0.05) is 170 Å². The average Bonchev–Trinajstić information content (AvgIpc) is 3.59. The second kappa shape index (κ2) is 13.4. The summed E-state index contributed by atoms with van der Waals surface area (Å²) >= 11 is 0. The zero-order valence-electron chi connectivity index (χ0n) is 29.7. The van der Waals surface area contributed by atoms with Crippen LogP contribution in [-0.2, 0) is 0 Å². The summed E-state index contributed by atoms with van der Waals surface area (Å²) in [6.07, 6.45) is 0. The molecule has 10 aromatic rings. The Morgan fingerprint density at radius 3 is 1.61 bits per heavy atom. The maximum absolute atomic E-state index is 2.43. The standard InChI is InChI=1S/C52H36N2/c1-5-18-37(19-6-1)42-26-13-14-28-45(42)47-30-17-31-50-52(47)48-33-32-41(36-51(48)54(50)40-24-11-4-12-25-40)53(39-22-9-3-10-23-39)49-35-34-43(38-20-7-2-8-21-38)44-27-15-16-29-46(44)49/h1-36H. The minimum absolute atomic E-state index is 1.09. The van der Waals surface area contributed by atoms with Crippen molar-refractivity contribution in [3.05, 3.63) is 218 Å². The van der Waals surface area contributed by atoms with Gasteiger partial charge in [0.1, 0.15) is 0 Å². The van der Waals surface area contributed by atoms with E-state index in [1.807, 2.05) is 0 Å². The molecule has 0 atom stereocenters. The predicted octanol–water partition coefficient (Wildman–Crippen LogP) is 14.4. The van der Waals surface area contributed by atoms with Crippen LogP contribution in [0.5, 0.6) is 0 Å². The molecule has 0 radical (unpaired) electrons. The number of benzene rings is 9. The third-order valence-electron chi connectivity index (χ3n) is 10.6. The molecule has 10 rings (SSSR count). The fraction of sp³-hybridized carbons (Fsp3) is 0. The molecule has 0 fully saturated rings. The first kappa shape index (κ1) is 31.6. The van der Waals surface area contributed by atoms with E-state index in [9.17, 15) is 0 Å². The van der Waals surface area contributed by atoms with Gasteiger partial charge < -0.3 is 9.47 Å². The monoisotopic (exact) mass is 688 g/mol. The van der Waals surface area contributed by atoms with Gasteiger partial charge in [-0.3, -0.25) is 0 Å². The molecule has 0 amide bonds. The molecule has 0 aliphatic heterocycles. The summed E-state index contributed by atoms with van der Waals surface area (Å²) < 4.78 is 2.43. The fourth-order valence-corrected chi connectivity index (χ4v) is 8.21. The molecule has 0 spiro atoms. The quantitative estimate of drug-likeness (QED) is 0.162. The molecule has 254 valence electrons. The van der Waals surface area contributed by atoms with Crippen LogP contribution in [0.2, 0.25) is 0 Å². The first-order chi connectivity index (χ1) is 26.8. The van der Waals surface area contributed by atoms with Gasteiger partial charge in [0.15, 0.2) is 0 Å². The largest absolute Gasteiger partial charge is 0.310 e. The molecule has 0 saturated carbocycles. The number of rotatable bonds is 7. The molecule has 2 nitrogen and oxygen atoms in total. The second-order valence-corrected chi connectivity index (χ2v) is 13.7. The summed E-state index contributed by atoms with van der Waals surface area (Å²) in [6.45, 7) is 0. The van der Waals surface area contributed by atoms with E-state index in [4.69, 9.17) is 0 Å². The first-order valence-corrected chi connectivity index (χ1v) is 18.5. The molecule has 0 unspecified atom stereocenters. The predicted molar refractivity (Wildman–Crippen MR) is 229 cm³/mol. The van der Waals surface area contributed by atoms with E-state index in [2.05, 4.69) is 228 Å². The van der Waals surface area contributed by atoms with Gasteiger partial charge >= 0.3 is 0 Å². The van der Waals surface area contributed by atoms with Gasteiger partial charge in [-0.2, -0.15) is 0 Å². The van der Waals surface area contributed by atoms with Crippen molar-refractivity contribution in [2.75, 3.05) is 4.90 Å². The van der Waals surface area contributed by atoms with Crippen LogP contribution in [-0.4, -0.2) is 4.57 Å². The lowest BCUT2D eigenvalue weighted by atomic mass is 9.92. The molecule has 0 bridgehead atoms. The van der Waals surface area contributed by atoms with Crippen LogP contribution in [0.25, 0.3) is 71.6 Å². The average molecular weight is 689 g/mol. The molecule has 0 saturated heterocycles. The molecule has 0 aliphatic rings. The number of aromatic nitrogens is 1. The third-order valence-corrected chi connectivity index (χ3v) is 10.6. The maximum Gasteiger partial charge on any atom is 0.0562 e. The van der Waals surface area contributed by atoms with Crippen molar-refractivity contribution in [1.29, 1.82) is 0 Å². The number of anilines is 3. The van der Waals surface area contributed by atoms with Crippen LogP contribution in [0.15, 0.2) is 218 Å². The lowest BCUT2D eigenvalue weighted by molar-refractivity contribution is 1.18. The number of hydrogen-bond acceptors (Lipinski definition) is 1. The zero-order chi connectivity index (χ0) is 35.8. The molecular weight excluding hydrogens is 653 g/mol. The Kier molecular flexibility index (Phi) is 7.85. The van der Waals surface area contributed by atoms with Crippen LogP contribution in [0.4, 0.5) is 17.1 Å². The van der Waals surface area contributed by atoms with E-state index in [0.717, 1.165) is 28.3 Å². The number of nitrogens with zero attached hydrogens (tertiary/aromatic N) is 2. The van der Waals surface area contributed by atoms with E-state index < -0.39 is 0 Å². The molecule has 0 aliphatic carbocycles. The second-order valence-electron chi connectivity index (χ2n) is 13.7. The van der Waals surface area contributed by atoms with Crippen LogP contribution >= 0.6 is 0 Å². The zero-order valence-corrected chi connectivity index (χ0v) is 29.7. The van der Waals surface area contributed by atoms with Gasteiger partial charge in [0, 0.05) is 33.2 Å². The van der Waals surface area contributed by atoms with E-state index >= 15 is 0 Å². The Balaban J connectivity index is 1.24. The van der Waals surface area contributed by atoms with Crippen LogP contribution in [0.1, 0.15) is 0 Å². The molecular formula is C52H36N2. The minimum Gasteiger partial charge on any atom is -0.310 e. The van der Waals surface area contributed by atoms with Crippen molar-refractivity contribution in [2.24, 2.45) is 0 Å². The minimum atomic E-state index is 1.09. The van der Waals surface area contributed by atoms with Crippen molar-refractivity contribution < 1.29 is 0 Å². The van der Waals surface area contributed by atoms with E-state index in [-0.39, 0.29) is 0 Å². The lowest BCUT2D eigenvalue weighted by Crippen LogP contribution is -2.10. The summed E-state index contributed by atoms with van der Waals surface area (Å²) in [5.74, 6) is 0. The van der Waals surface area contributed by atoms with Crippen molar-refractivity contribution in [1.82, 2.24) is 4.57 Å². The highest BCUT2D eigenvalue weighted by Crippen LogP contribution is 2.46. The van der Waals surface area contributed by atoms with Crippen LogP contribution < -0.4 is 4.90 Å². The summed E-state index contributed by atoms with van der Waals surface area (Å²) in [5, 5.41) is 4.89. The van der Waals surface area contributed by atoms with Gasteiger partial charge in [-0.25, -0.2) is 0 Å². The molecule has 54 heavy (non-hydrogen) atoms. The summed E-state index contributed by atoms with van der Waals surface area (Å²) in [6, 6.07) is 78.8. The van der Waals surface area contributed by atoms with Crippen molar-refractivity contribution in [3.63, 3.8) is 0 Å². The molecule has 1 aromatic heterocycles. The van der Waals surface area contributed by atoms with Crippen LogP contribution in [0.3, 0.4) is 0 Å². The Morgan fingerprint density at radius 2 is 0.889 bits per heavy atom. The number of para-hydroxylation sites is 2. The Hall–Kier alpha value is -7.16. The number of hydrogen-bond donors (Lipinski definition) is 0. The third kappa shape index (κ3) is 5.36. The van der Waals surface area contributed by atoms with Crippen LogP contribution in [0, 0.1) is 0 Å². The molecule has 9 aromatic carbocycles. The van der Waals surface area contributed by atoms with Crippen molar-refractivity contribution in [2.45, 2.75) is 0 Å². The number of fused-ring (bicyclic) bond motifs is 4. The van der Waals surface area contributed by atoms with E-state index in [1.165, 1.54) is 60.4 Å². The SMILES string of the molecule is c1ccc(-c2ccccc2-c2cccc3c2c2ccc(N(c4ccccc4)c4ccc(-c5ccccc5)c5ccccc45)cc2n3-c2ccccc2)cc1. The smallest absolute Gasteiger partial charge is 0.0562 e. The molecule has 0 N–H and O–H groups in total. The Morgan fingerprint density at radius 1 is 0.315 bits per heavy atom. The van der Waals surface area contributed by atoms with Gasteiger partial charge in [-0.15, -0.1) is 0 Å². The highest BCUT2D eigenvalue weighted by molar-refractivity contribution is 6.17. The van der Waals surface area contributed by atoms with Gasteiger partial charge in [0.25, 0.3) is 0 Å².